The fourth-order valence-corrected chi connectivity index (χ4v) is 3.22. The van der Waals surface area contributed by atoms with Crippen LogP contribution in [0.5, 0.6) is 0 Å². The highest BCUT2D eigenvalue weighted by Gasteiger charge is 2.17. The van der Waals surface area contributed by atoms with Crippen molar-refractivity contribution in [1.29, 1.82) is 0 Å². The number of carbonyl (C=O) groups is 1. The monoisotopic (exact) mass is 319 g/mol. The third-order valence-electron chi connectivity index (χ3n) is 3.92. The number of hydrogen-bond acceptors (Lipinski definition) is 4. The minimum Gasteiger partial charge on any atom is -0.381 e. The van der Waals surface area contributed by atoms with Crippen LogP contribution in [0.25, 0.3) is 11.0 Å². The third kappa shape index (κ3) is 3.44. The molecule has 118 valence electrons. The summed E-state index contributed by atoms with van der Waals surface area (Å²) in [4.78, 5) is 16.9. The first kappa shape index (κ1) is 15.4. The number of thioether (sulfide) groups is 1. The molecule has 1 aromatic heterocycles. The van der Waals surface area contributed by atoms with E-state index in [1.54, 1.807) is 11.8 Å². The van der Waals surface area contributed by atoms with Gasteiger partial charge in [-0.3, -0.25) is 4.79 Å². The van der Waals surface area contributed by atoms with E-state index in [9.17, 15) is 4.79 Å². The van der Waals surface area contributed by atoms with E-state index in [2.05, 4.69) is 10.3 Å². The molecule has 22 heavy (non-hydrogen) atoms. The van der Waals surface area contributed by atoms with Crippen LogP contribution in [0.2, 0.25) is 0 Å². The Kier molecular flexibility index (Phi) is 5.00. The minimum atomic E-state index is 0.0393. The van der Waals surface area contributed by atoms with Crippen molar-refractivity contribution in [3.63, 3.8) is 0 Å². The summed E-state index contributed by atoms with van der Waals surface area (Å²) < 4.78 is 7.35. The molecule has 0 radical (unpaired) electrons. The third-order valence-corrected chi connectivity index (χ3v) is 4.47. The second kappa shape index (κ2) is 7.15. The van der Waals surface area contributed by atoms with Gasteiger partial charge in [-0.1, -0.05) is 12.1 Å². The molecule has 1 fully saturated rings. The van der Waals surface area contributed by atoms with Crippen molar-refractivity contribution in [1.82, 2.24) is 14.9 Å². The number of imidazole rings is 1. The van der Waals surface area contributed by atoms with Gasteiger partial charge < -0.3 is 14.6 Å². The molecule has 1 atom stereocenters. The number of ether oxygens (including phenoxy) is 1. The number of aromatic nitrogens is 2. The maximum absolute atomic E-state index is 12.3. The molecule has 0 aliphatic carbocycles. The average molecular weight is 319 g/mol. The zero-order chi connectivity index (χ0) is 15.4. The van der Waals surface area contributed by atoms with E-state index in [0.29, 0.717) is 19.0 Å². The highest BCUT2D eigenvalue weighted by atomic mass is 32.2. The fourth-order valence-electron chi connectivity index (χ4n) is 2.74. The van der Waals surface area contributed by atoms with Crippen molar-refractivity contribution in [2.75, 3.05) is 26.0 Å². The first-order valence-electron chi connectivity index (χ1n) is 7.55. The lowest BCUT2D eigenvalue weighted by Crippen LogP contribution is -2.32. The number of hydrogen-bond donors (Lipinski definition) is 1. The van der Waals surface area contributed by atoms with Crippen LogP contribution in [0.1, 0.15) is 12.2 Å². The predicted octanol–water partition coefficient (Wildman–Crippen LogP) is 2.05. The number of rotatable bonds is 6. The topological polar surface area (TPSA) is 56.2 Å². The second-order valence-corrected chi connectivity index (χ2v) is 6.44. The molecule has 0 unspecified atom stereocenters. The Balaban J connectivity index is 1.71. The molecule has 2 heterocycles. The molecule has 1 aromatic carbocycles. The molecule has 1 aliphatic heterocycles. The standard InChI is InChI=1S/C16H21N3O2S/c1-22-11-15-18-13-4-2-3-5-14(13)19(15)9-16(20)17-8-12-6-7-21-10-12/h2-5,12H,6-11H2,1H3,(H,17,20)/t12-/m1/s1. The number of nitrogens with zero attached hydrogens (tertiary/aromatic N) is 2. The van der Waals surface area contributed by atoms with Gasteiger partial charge in [0.15, 0.2) is 0 Å². The van der Waals surface area contributed by atoms with Crippen LogP contribution < -0.4 is 5.32 Å². The Labute approximate surface area is 134 Å². The quantitative estimate of drug-likeness (QED) is 0.885. The number of para-hydroxylation sites is 2. The van der Waals surface area contributed by atoms with Gasteiger partial charge in [0.05, 0.1) is 23.4 Å². The molecule has 0 saturated carbocycles. The molecule has 5 nitrogen and oxygen atoms in total. The summed E-state index contributed by atoms with van der Waals surface area (Å²) >= 11 is 1.71. The SMILES string of the molecule is CSCc1nc2ccccc2n1CC(=O)NC[C@H]1CCOC1. The lowest BCUT2D eigenvalue weighted by molar-refractivity contribution is -0.121. The fraction of sp³-hybridized carbons (Fsp3) is 0.500. The van der Waals surface area contributed by atoms with Crippen LogP contribution in [-0.4, -0.2) is 41.5 Å². The van der Waals surface area contributed by atoms with E-state index in [4.69, 9.17) is 4.74 Å². The summed E-state index contributed by atoms with van der Waals surface area (Å²) in [5.74, 6) is 2.25. The van der Waals surface area contributed by atoms with Crippen molar-refractivity contribution in [2.45, 2.75) is 18.7 Å². The number of fused-ring (bicyclic) bond motifs is 1. The van der Waals surface area contributed by atoms with Gasteiger partial charge in [0.2, 0.25) is 5.91 Å². The van der Waals surface area contributed by atoms with Crippen LogP contribution in [0.15, 0.2) is 24.3 Å². The average Bonchev–Trinajstić information content (AvgIpc) is 3.15. The van der Waals surface area contributed by atoms with Crippen molar-refractivity contribution in [3.05, 3.63) is 30.1 Å². The van der Waals surface area contributed by atoms with Gasteiger partial charge in [-0.05, 0) is 24.8 Å². The lowest BCUT2D eigenvalue weighted by atomic mass is 10.1. The molecule has 0 bridgehead atoms. The molecule has 1 aliphatic rings. The lowest BCUT2D eigenvalue weighted by Gasteiger charge is -2.12. The summed E-state index contributed by atoms with van der Waals surface area (Å²) in [5.41, 5.74) is 1.97. The molecule has 1 N–H and O–H groups in total. The highest BCUT2D eigenvalue weighted by Crippen LogP contribution is 2.19. The highest BCUT2D eigenvalue weighted by molar-refractivity contribution is 7.97. The van der Waals surface area contributed by atoms with Gasteiger partial charge in [0.25, 0.3) is 0 Å². The Bertz CT molecular complexity index is 650. The van der Waals surface area contributed by atoms with E-state index in [1.165, 1.54) is 0 Å². The molecular formula is C16H21N3O2S. The molecule has 1 saturated heterocycles. The van der Waals surface area contributed by atoms with Crippen molar-refractivity contribution in [3.8, 4) is 0 Å². The molecular weight excluding hydrogens is 298 g/mol. The first-order chi connectivity index (χ1) is 10.8. The van der Waals surface area contributed by atoms with Crippen LogP contribution in [0, 0.1) is 5.92 Å². The van der Waals surface area contributed by atoms with Crippen LogP contribution in [-0.2, 0) is 21.8 Å². The number of benzene rings is 1. The van der Waals surface area contributed by atoms with Crippen molar-refractivity contribution in [2.24, 2.45) is 5.92 Å². The number of carbonyl (C=O) groups excluding carboxylic acids is 1. The Morgan fingerprint density at radius 3 is 3.14 bits per heavy atom. The molecule has 0 spiro atoms. The van der Waals surface area contributed by atoms with E-state index in [1.807, 2.05) is 35.1 Å². The summed E-state index contributed by atoms with van der Waals surface area (Å²) in [5, 5.41) is 3.02. The maximum Gasteiger partial charge on any atom is 0.240 e. The summed E-state index contributed by atoms with van der Waals surface area (Å²) in [6, 6.07) is 7.97. The van der Waals surface area contributed by atoms with E-state index < -0.39 is 0 Å². The molecule has 6 heteroatoms. The Hall–Kier alpha value is -1.53. The first-order valence-corrected chi connectivity index (χ1v) is 8.95. The van der Waals surface area contributed by atoms with Crippen LogP contribution >= 0.6 is 11.8 Å². The summed E-state index contributed by atoms with van der Waals surface area (Å²) in [6.45, 7) is 2.59. The Morgan fingerprint density at radius 1 is 1.50 bits per heavy atom. The van der Waals surface area contributed by atoms with E-state index in [-0.39, 0.29) is 5.91 Å². The van der Waals surface area contributed by atoms with Gasteiger partial charge in [-0.2, -0.15) is 11.8 Å². The van der Waals surface area contributed by atoms with Gasteiger partial charge in [-0.15, -0.1) is 0 Å². The smallest absolute Gasteiger partial charge is 0.240 e. The molecule has 3 rings (SSSR count). The molecule has 1 amide bonds. The summed E-state index contributed by atoms with van der Waals surface area (Å²) in [7, 11) is 0. The van der Waals surface area contributed by atoms with E-state index in [0.717, 1.165) is 42.2 Å². The zero-order valence-corrected chi connectivity index (χ0v) is 13.6. The van der Waals surface area contributed by atoms with Crippen molar-refractivity contribution >= 4 is 28.7 Å². The normalized spacial score (nSPS) is 18.0. The second-order valence-electron chi connectivity index (χ2n) is 5.57. The van der Waals surface area contributed by atoms with Crippen LogP contribution in [0.4, 0.5) is 0 Å². The van der Waals surface area contributed by atoms with Crippen molar-refractivity contribution < 1.29 is 9.53 Å². The maximum atomic E-state index is 12.3. The predicted molar refractivity (Wildman–Crippen MR) is 88.9 cm³/mol. The number of amides is 1. The van der Waals surface area contributed by atoms with Gasteiger partial charge in [0, 0.05) is 19.1 Å². The van der Waals surface area contributed by atoms with E-state index >= 15 is 0 Å². The Morgan fingerprint density at radius 2 is 2.36 bits per heavy atom. The van der Waals surface area contributed by atoms with Gasteiger partial charge >= 0.3 is 0 Å². The molecule has 2 aromatic rings. The number of nitrogens with one attached hydrogen (secondary N) is 1. The summed E-state index contributed by atoms with van der Waals surface area (Å²) in [6.07, 6.45) is 3.08. The van der Waals surface area contributed by atoms with Gasteiger partial charge in [-0.25, -0.2) is 4.98 Å². The van der Waals surface area contributed by atoms with Crippen LogP contribution in [0.3, 0.4) is 0 Å². The zero-order valence-electron chi connectivity index (χ0n) is 12.7. The van der Waals surface area contributed by atoms with Gasteiger partial charge in [0.1, 0.15) is 12.4 Å². The largest absolute Gasteiger partial charge is 0.381 e. The minimum absolute atomic E-state index is 0.0393.